The largest absolute Gasteiger partial charge is 0.479 e. The van der Waals surface area contributed by atoms with Gasteiger partial charge in [-0.25, -0.2) is 4.79 Å². The molecule has 0 aromatic carbocycles. The van der Waals surface area contributed by atoms with Crippen LogP contribution < -0.4 is 0 Å². The Morgan fingerprint density at radius 1 is 0.597 bits per heavy atom. The summed E-state index contributed by atoms with van der Waals surface area (Å²) in [6.07, 6.45) is -35.5. The van der Waals surface area contributed by atoms with Gasteiger partial charge in [0.25, 0.3) is 0 Å². The van der Waals surface area contributed by atoms with E-state index >= 15 is 0 Å². The molecule has 5 aliphatic carbocycles. The van der Waals surface area contributed by atoms with Gasteiger partial charge in [0.05, 0.1) is 62.4 Å². The minimum absolute atomic E-state index is 0.133. The maximum absolute atomic E-state index is 13.5. The summed E-state index contributed by atoms with van der Waals surface area (Å²) in [5.74, 6) is -2.59. The molecule has 9 rings (SSSR count). The van der Waals surface area contributed by atoms with Gasteiger partial charge in [0.1, 0.15) is 79.4 Å². The summed E-state index contributed by atoms with van der Waals surface area (Å²) in [5, 5.41) is 177. The number of rotatable bonds is 12. The maximum Gasteiger partial charge on any atom is 0.335 e. The molecule has 4 heterocycles. The fourth-order valence-corrected chi connectivity index (χ4v) is 16.4. The summed E-state index contributed by atoms with van der Waals surface area (Å²) >= 11 is 0. The fourth-order valence-electron chi connectivity index (χ4n) is 16.4. The molecule has 0 spiro atoms. The quantitative estimate of drug-likeness (QED) is 0.0649. The Balaban J connectivity index is 1.08. The van der Waals surface area contributed by atoms with E-state index < -0.39 is 212 Å². The summed E-state index contributed by atoms with van der Waals surface area (Å²) in [4.78, 5) is 13.5. The van der Waals surface area contributed by atoms with Gasteiger partial charge in [-0.15, -0.1) is 0 Å². The van der Waals surface area contributed by atoms with E-state index in [2.05, 4.69) is 19.9 Å². The molecule has 77 heavy (non-hydrogen) atoms. The second-order valence-corrected chi connectivity index (χ2v) is 25.7. The molecule has 4 saturated carbocycles. The lowest BCUT2D eigenvalue weighted by Crippen LogP contribution is -2.76. The van der Waals surface area contributed by atoms with Crippen molar-refractivity contribution in [2.45, 2.75) is 228 Å². The minimum Gasteiger partial charge on any atom is -0.479 e. The Morgan fingerprint density at radius 2 is 1.16 bits per heavy atom. The van der Waals surface area contributed by atoms with E-state index in [-0.39, 0.29) is 18.3 Å². The van der Waals surface area contributed by atoms with E-state index in [1.165, 1.54) is 0 Å². The standard InChI is InChI=1S/C52H84O25/c1-47(2)14-20-19-8-9-25-49(5)12-11-26(48(3,4)24(49)10-13-50(25,6)51(19,7)39(65)41(67)52(20,18-55)40(66)38(47)64)73-46-37(77-45-33(63)30(60)28(58)22(15-53)71-45)35(74-43-31(61)27(57)21(56)17-70-43)34(36(76-46)42(68)69)75-44-32(62)29(59)23(16-54)72-44/h8,20-41,43-46,53-67H,9-18H2,1-7H3,(H,68,69)/t20-,21-,22+,23-,24-,25+,26-,27-,28+,29-,30-,31+,32+,33+,34-,35-,36-,37+,38-,39-,40-,41+,43-,44-,45-,46+,49-,50+,51-,52+/m0/s1. The van der Waals surface area contributed by atoms with E-state index in [9.17, 15) is 86.5 Å². The van der Waals surface area contributed by atoms with Gasteiger partial charge in [0.2, 0.25) is 0 Å². The fraction of sp³-hybridized carbons (Fsp3) is 0.942. The first-order valence-electron chi connectivity index (χ1n) is 27.1. The van der Waals surface area contributed by atoms with Gasteiger partial charge < -0.3 is 120 Å². The van der Waals surface area contributed by atoms with E-state index in [0.29, 0.717) is 32.1 Å². The molecule has 0 aromatic rings. The third-order valence-electron chi connectivity index (χ3n) is 21.2. The van der Waals surface area contributed by atoms with Crippen LogP contribution in [0, 0.1) is 50.2 Å². The molecular formula is C52H84O25. The first-order chi connectivity index (χ1) is 35.9. The van der Waals surface area contributed by atoms with Gasteiger partial charge in [-0.2, -0.15) is 0 Å². The zero-order valence-electron chi connectivity index (χ0n) is 44.5. The van der Waals surface area contributed by atoms with Crippen molar-refractivity contribution in [3.63, 3.8) is 0 Å². The van der Waals surface area contributed by atoms with Crippen molar-refractivity contribution in [1.82, 2.24) is 0 Å². The van der Waals surface area contributed by atoms with Crippen LogP contribution in [0.25, 0.3) is 0 Å². The monoisotopic (exact) mass is 1110 g/mol. The lowest BCUT2D eigenvalue weighted by atomic mass is 9.32. The number of carbonyl (C=O) groups is 1. The van der Waals surface area contributed by atoms with E-state index in [4.69, 9.17) is 37.9 Å². The Hall–Kier alpha value is -1.71. The highest BCUT2D eigenvalue weighted by molar-refractivity contribution is 5.73. The van der Waals surface area contributed by atoms with Crippen LogP contribution in [0.4, 0.5) is 0 Å². The lowest BCUT2D eigenvalue weighted by Gasteiger charge is -2.73. The molecule has 30 atom stereocenters. The number of hydrogen-bond acceptors (Lipinski definition) is 24. The van der Waals surface area contributed by atoms with Crippen LogP contribution in [-0.2, 0) is 42.7 Å². The van der Waals surface area contributed by atoms with Crippen molar-refractivity contribution in [3.05, 3.63) is 11.6 Å². The zero-order valence-corrected chi connectivity index (χ0v) is 44.5. The molecule has 0 bridgehead atoms. The second-order valence-electron chi connectivity index (χ2n) is 25.7. The number of aliphatic hydroxyl groups is 15. The van der Waals surface area contributed by atoms with Crippen molar-refractivity contribution in [2.24, 2.45) is 50.2 Å². The molecule has 0 aromatic heterocycles. The molecule has 25 nitrogen and oxygen atoms in total. The average molecular weight is 1110 g/mol. The van der Waals surface area contributed by atoms with Crippen LogP contribution in [0.5, 0.6) is 0 Å². The molecule has 0 radical (unpaired) electrons. The molecule has 4 aliphatic heterocycles. The van der Waals surface area contributed by atoms with Gasteiger partial charge >= 0.3 is 5.97 Å². The Morgan fingerprint density at radius 3 is 1.75 bits per heavy atom. The molecule has 0 amide bonds. The number of ether oxygens (including phenoxy) is 8. The van der Waals surface area contributed by atoms with Gasteiger partial charge in [-0.3, -0.25) is 0 Å². The molecule has 442 valence electrons. The summed E-state index contributed by atoms with van der Waals surface area (Å²) in [6, 6.07) is 0. The van der Waals surface area contributed by atoms with Crippen molar-refractivity contribution < 1.29 is 124 Å². The second kappa shape index (κ2) is 21.2. The van der Waals surface area contributed by atoms with Crippen LogP contribution in [0.2, 0.25) is 0 Å². The predicted octanol–water partition coefficient (Wildman–Crippen LogP) is -4.31. The predicted molar refractivity (Wildman–Crippen MR) is 257 cm³/mol. The molecular weight excluding hydrogens is 1020 g/mol. The van der Waals surface area contributed by atoms with Crippen molar-refractivity contribution >= 4 is 5.97 Å². The van der Waals surface area contributed by atoms with Gasteiger partial charge in [0, 0.05) is 5.41 Å². The smallest absolute Gasteiger partial charge is 0.335 e. The Labute approximate surface area is 445 Å². The zero-order chi connectivity index (χ0) is 56.6. The highest BCUT2D eigenvalue weighted by Gasteiger charge is 2.75. The van der Waals surface area contributed by atoms with Crippen molar-refractivity contribution in [2.75, 3.05) is 26.4 Å². The van der Waals surface area contributed by atoms with E-state index in [0.717, 1.165) is 5.57 Å². The van der Waals surface area contributed by atoms with Crippen LogP contribution in [0.15, 0.2) is 11.6 Å². The number of carboxylic acids is 1. The summed E-state index contributed by atoms with van der Waals surface area (Å²) < 4.78 is 49.0. The molecule has 8 fully saturated rings. The van der Waals surface area contributed by atoms with Gasteiger partial charge in [0.15, 0.2) is 31.3 Å². The average Bonchev–Trinajstić information content (AvgIpc) is 3.77. The number of allylic oxidation sites excluding steroid dienone is 1. The maximum atomic E-state index is 13.5. The van der Waals surface area contributed by atoms with Crippen LogP contribution in [0.3, 0.4) is 0 Å². The highest BCUT2D eigenvalue weighted by Crippen LogP contribution is 2.76. The third kappa shape index (κ3) is 9.04. The Bertz CT molecular complexity index is 2150. The first-order valence-corrected chi connectivity index (χ1v) is 27.1. The van der Waals surface area contributed by atoms with E-state index in [1.807, 2.05) is 34.6 Å². The minimum atomic E-state index is -2.16. The van der Waals surface area contributed by atoms with Crippen LogP contribution >= 0.6 is 0 Å². The lowest BCUT2D eigenvalue weighted by molar-refractivity contribution is -0.401. The number of fused-ring (bicyclic) bond motifs is 7. The van der Waals surface area contributed by atoms with Gasteiger partial charge in [-0.05, 0) is 77.9 Å². The molecule has 0 unspecified atom stereocenters. The van der Waals surface area contributed by atoms with Crippen molar-refractivity contribution in [1.29, 1.82) is 0 Å². The number of hydrogen-bond donors (Lipinski definition) is 16. The summed E-state index contributed by atoms with van der Waals surface area (Å²) in [5.41, 5.74) is -4.68. The SMILES string of the molecule is CC1(C)C[C@H]2C3=CC[C@@H]4[C@@]5(C)CC[C@H](O[C@@H]6O[C@H](C(=O)O)[C@@H](O[C@@H]7O[C@@H](CO)[C@H](O)[C@H]7O)[C@H](O[C@@H]7OC[C@H](O)[C@H](O)[C@H]7O)[C@H]6O[C@@H]6O[C@H](CO)[C@@H](O)[C@H](O)[C@H]6O)C(C)(C)[C@@H]5CC[C@@]4(C)[C@]3(C)[C@@H](O)[C@@H](O)[C@@]2(CO)[C@@H](O)[C@@H]1O. The molecule has 4 saturated heterocycles. The third-order valence-corrected chi connectivity index (χ3v) is 21.2. The molecule has 25 heteroatoms. The summed E-state index contributed by atoms with van der Waals surface area (Å²) in [6.45, 7) is 11.0. The number of aliphatic carboxylic acids is 1. The number of aliphatic hydroxyl groups excluding tert-OH is 15. The van der Waals surface area contributed by atoms with Crippen LogP contribution in [-0.4, -0.2) is 255 Å². The van der Waals surface area contributed by atoms with Crippen LogP contribution in [0.1, 0.15) is 87.0 Å². The van der Waals surface area contributed by atoms with Crippen molar-refractivity contribution in [3.8, 4) is 0 Å². The Kier molecular flexibility index (Phi) is 16.5. The number of carboxylic acid groups (broad SMARTS) is 1. The van der Waals surface area contributed by atoms with E-state index in [1.54, 1.807) is 0 Å². The summed E-state index contributed by atoms with van der Waals surface area (Å²) in [7, 11) is 0. The first kappa shape index (κ1) is 59.9. The molecule has 9 aliphatic rings. The van der Waals surface area contributed by atoms with Gasteiger partial charge in [-0.1, -0.05) is 60.1 Å². The topological polar surface area (TPSA) is 415 Å². The normalized spacial score (nSPS) is 55.3. The molecule has 16 N–H and O–H groups in total. The highest BCUT2D eigenvalue weighted by atomic mass is 16.8.